The minimum absolute atomic E-state index is 0.192. The van der Waals surface area contributed by atoms with Crippen LogP contribution in [0.25, 0.3) is 6.08 Å². The van der Waals surface area contributed by atoms with Gasteiger partial charge in [0, 0.05) is 18.8 Å². The summed E-state index contributed by atoms with van der Waals surface area (Å²) in [4.78, 5) is 54.1. The number of hydrogen-bond acceptors (Lipinski definition) is 7. The Labute approximate surface area is 256 Å². The summed E-state index contributed by atoms with van der Waals surface area (Å²) < 4.78 is 11.7. The molecule has 0 radical (unpaired) electrons. The zero-order valence-corrected chi connectivity index (χ0v) is 25.4. The minimum atomic E-state index is -0.529. The highest BCUT2D eigenvalue weighted by atomic mass is 79.9. The summed E-state index contributed by atoms with van der Waals surface area (Å²) >= 11 is 4.24. The number of carbonyl (C=O) groups excluding carboxylic acids is 4. The summed E-state index contributed by atoms with van der Waals surface area (Å²) in [6, 6.07) is 18.7. The second-order valence-electron chi connectivity index (χ2n) is 9.84. The van der Waals surface area contributed by atoms with E-state index in [-0.39, 0.29) is 29.9 Å². The second kappa shape index (κ2) is 12.8. The van der Waals surface area contributed by atoms with Crippen molar-refractivity contribution in [3.63, 3.8) is 0 Å². The fourth-order valence-electron chi connectivity index (χ4n) is 4.67. The van der Waals surface area contributed by atoms with Gasteiger partial charge in [-0.1, -0.05) is 42.0 Å². The number of nitrogens with zero attached hydrogens (tertiary/aromatic N) is 2. The lowest BCUT2D eigenvalue weighted by molar-refractivity contribution is -0.136. The van der Waals surface area contributed by atoms with E-state index in [4.69, 9.17) is 9.47 Å². The third-order valence-corrected chi connectivity index (χ3v) is 8.38. The van der Waals surface area contributed by atoms with Crippen molar-refractivity contribution in [3.8, 4) is 11.5 Å². The van der Waals surface area contributed by atoms with Crippen molar-refractivity contribution < 1.29 is 28.7 Å². The number of halogens is 1. The SMILES string of the molecule is COc1cc(/C=C2\SC(=O)N(CC(=O)N3CCc4ccccc4C3)C2=O)cc(Br)c1OCC(=O)Nc1ccc(C)cc1. The molecule has 0 aromatic heterocycles. The monoisotopic (exact) mass is 649 g/mol. The highest BCUT2D eigenvalue weighted by Gasteiger charge is 2.37. The highest BCUT2D eigenvalue weighted by Crippen LogP contribution is 2.39. The maximum atomic E-state index is 13.1. The van der Waals surface area contributed by atoms with Crippen molar-refractivity contribution in [1.82, 2.24) is 9.80 Å². The molecule has 0 atom stereocenters. The third kappa shape index (κ3) is 6.69. The van der Waals surface area contributed by atoms with Crippen molar-refractivity contribution in [2.75, 3.05) is 32.1 Å². The zero-order chi connectivity index (χ0) is 29.8. The quantitative estimate of drug-likeness (QED) is 0.326. The average Bonchev–Trinajstić information content (AvgIpc) is 3.24. The van der Waals surface area contributed by atoms with Gasteiger partial charge >= 0.3 is 0 Å². The smallest absolute Gasteiger partial charge is 0.294 e. The number of carbonyl (C=O) groups is 4. The van der Waals surface area contributed by atoms with Crippen LogP contribution in [0.1, 0.15) is 22.3 Å². The molecule has 1 saturated heterocycles. The van der Waals surface area contributed by atoms with E-state index in [1.807, 2.05) is 55.5 Å². The first-order valence-electron chi connectivity index (χ1n) is 13.2. The van der Waals surface area contributed by atoms with Crippen LogP contribution >= 0.6 is 27.7 Å². The van der Waals surface area contributed by atoms with E-state index in [0.29, 0.717) is 40.3 Å². The second-order valence-corrected chi connectivity index (χ2v) is 11.7. The lowest BCUT2D eigenvalue weighted by Crippen LogP contribution is -2.44. The van der Waals surface area contributed by atoms with Gasteiger partial charge in [-0.2, -0.15) is 0 Å². The fourth-order valence-corrected chi connectivity index (χ4v) is 6.08. The molecular weight excluding hydrogens is 622 g/mol. The lowest BCUT2D eigenvalue weighted by atomic mass is 10.00. The maximum Gasteiger partial charge on any atom is 0.294 e. The molecule has 3 aromatic rings. The largest absolute Gasteiger partial charge is 0.493 e. The van der Waals surface area contributed by atoms with Gasteiger partial charge in [-0.25, -0.2) is 0 Å². The summed E-state index contributed by atoms with van der Waals surface area (Å²) in [5.41, 5.74) is 4.59. The number of anilines is 1. The standard InChI is InChI=1S/C31H28BrN3O6S/c1-19-7-9-23(10-8-19)33-27(36)18-41-29-24(32)13-20(14-25(29)40-2)15-26-30(38)35(31(39)42-26)17-28(37)34-12-11-21-5-3-4-6-22(21)16-34/h3-10,13-15H,11-12,16-18H2,1-2H3,(H,33,36)/b26-15-. The van der Waals surface area contributed by atoms with Crippen LogP contribution in [0.3, 0.4) is 0 Å². The van der Waals surface area contributed by atoms with E-state index in [0.717, 1.165) is 34.2 Å². The summed E-state index contributed by atoms with van der Waals surface area (Å²) in [5.74, 6) is -0.493. The van der Waals surface area contributed by atoms with Crippen LogP contribution in [0.4, 0.5) is 10.5 Å². The topological polar surface area (TPSA) is 105 Å². The number of amides is 4. The molecule has 0 spiro atoms. The number of nitrogens with one attached hydrogen (secondary N) is 1. The van der Waals surface area contributed by atoms with Gasteiger partial charge < -0.3 is 19.7 Å². The molecule has 5 rings (SSSR count). The number of ether oxygens (including phenoxy) is 2. The molecule has 2 aliphatic heterocycles. The Bertz CT molecular complexity index is 1590. The third-order valence-electron chi connectivity index (χ3n) is 6.88. The number of rotatable bonds is 8. The molecule has 0 bridgehead atoms. The van der Waals surface area contributed by atoms with E-state index < -0.39 is 11.1 Å². The number of benzene rings is 3. The zero-order valence-electron chi connectivity index (χ0n) is 23.0. The van der Waals surface area contributed by atoms with Crippen molar-refractivity contribution in [1.29, 1.82) is 0 Å². The van der Waals surface area contributed by atoms with Crippen LogP contribution < -0.4 is 14.8 Å². The molecule has 42 heavy (non-hydrogen) atoms. The van der Waals surface area contributed by atoms with E-state index in [2.05, 4.69) is 21.2 Å². The Morgan fingerprint density at radius 1 is 1.07 bits per heavy atom. The average molecular weight is 651 g/mol. The number of thioether (sulfide) groups is 1. The van der Waals surface area contributed by atoms with E-state index in [1.54, 1.807) is 23.1 Å². The fraction of sp³-hybridized carbons (Fsp3) is 0.226. The summed E-state index contributed by atoms with van der Waals surface area (Å²) in [7, 11) is 1.46. The Morgan fingerprint density at radius 3 is 2.55 bits per heavy atom. The predicted octanol–water partition coefficient (Wildman–Crippen LogP) is 5.40. The van der Waals surface area contributed by atoms with E-state index in [1.165, 1.54) is 12.7 Å². The Hall–Kier alpha value is -4.09. The molecule has 3 aromatic carbocycles. The van der Waals surface area contributed by atoms with Gasteiger partial charge in [-0.3, -0.25) is 24.1 Å². The minimum Gasteiger partial charge on any atom is -0.493 e. The first-order valence-corrected chi connectivity index (χ1v) is 14.8. The van der Waals surface area contributed by atoms with Gasteiger partial charge in [0.25, 0.3) is 17.1 Å². The van der Waals surface area contributed by atoms with Gasteiger partial charge in [0.05, 0.1) is 16.5 Å². The number of methoxy groups -OCH3 is 1. The summed E-state index contributed by atoms with van der Waals surface area (Å²) in [6.07, 6.45) is 2.30. The molecule has 2 aliphatic rings. The molecular formula is C31H28BrN3O6S. The number of imide groups is 1. The van der Waals surface area contributed by atoms with E-state index >= 15 is 0 Å². The maximum absolute atomic E-state index is 13.1. The van der Waals surface area contributed by atoms with Crippen LogP contribution in [0, 0.1) is 6.92 Å². The summed E-state index contributed by atoms with van der Waals surface area (Å²) in [6.45, 7) is 2.39. The van der Waals surface area contributed by atoms with E-state index in [9.17, 15) is 19.2 Å². The first-order chi connectivity index (χ1) is 20.2. The van der Waals surface area contributed by atoms with Crippen LogP contribution in [-0.2, 0) is 27.3 Å². The Balaban J connectivity index is 1.23. The molecule has 4 amide bonds. The summed E-state index contributed by atoms with van der Waals surface area (Å²) in [5, 5.41) is 2.28. The Kier molecular flexibility index (Phi) is 8.98. The number of fused-ring (bicyclic) bond motifs is 1. The van der Waals surface area contributed by atoms with Crippen LogP contribution in [0.5, 0.6) is 11.5 Å². The molecule has 0 unspecified atom stereocenters. The molecule has 9 nitrogen and oxygen atoms in total. The normalized spacial score (nSPS) is 15.5. The number of aryl methyl sites for hydroxylation is 1. The molecule has 216 valence electrons. The van der Waals surface area contributed by atoms with Crippen LogP contribution in [0.15, 0.2) is 70.0 Å². The lowest BCUT2D eigenvalue weighted by Gasteiger charge is -2.29. The number of hydrogen-bond donors (Lipinski definition) is 1. The van der Waals surface area contributed by atoms with Crippen molar-refractivity contribution in [3.05, 3.63) is 92.3 Å². The van der Waals surface area contributed by atoms with Crippen molar-refractivity contribution in [2.24, 2.45) is 0 Å². The molecule has 0 saturated carbocycles. The van der Waals surface area contributed by atoms with Crippen molar-refractivity contribution >= 4 is 62.4 Å². The molecule has 1 N–H and O–H groups in total. The van der Waals surface area contributed by atoms with Gasteiger partial charge in [-0.05, 0) is 88.1 Å². The van der Waals surface area contributed by atoms with Crippen LogP contribution in [0.2, 0.25) is 0 Å². The molecule has 11 heteroatoms. The predicted molar refractivity (Wildman–Crippen MR) is 164 cm³/mol. The van der Waals surface area contributed by atoms with Gasteiger partial charge in [0.1, 0.15) is 6.54 Å². The van der Waals surface area contributed by atoms with Gasteiger partial charge in [0.15, 0.2) is 18.1 Å². The van der Waals surface area contributed by atoms with Crippen molar-refractivity contribution in [2.45, 2.75) is 19.9 Å². The van der Waals surface area contributed by atoms with Gasteiger partial charge in [-0.15, -0.1) is 0 Å². The Morgan fingerprint density at radius 2 is 1.81 bits per heavy atom. The van der Waals surface area contributed by atoms with Crippen LogP contribution in [-0.4, -0.2) is 59.6 Å². The molecule has 0 aliphatic carbocycles. The molecule has 2 heterocycles. The van der Waals surface area contributed by atoms with Gasteiger partial charge in [0.2, 0.25) is 5.91 Å². The highest BCUT2D eigenvalue weighted by molar-refractivity contribution is 9.10. The first kappa shape index (κ1) is 29.4. The molecule has 1 fully saturated rings.